The van der Waals surface area contributed by atoms with E-state index in [2.05, 4.69) is 0 Å². The molecule has 2 aromatic carbocycles. The van der Waals surface area contributed by atoms with Crippen molar-refractivity contribution in [2.24, 2.45) is 0 Å². The molecule has 21 heavy (non-hydrogen) atoms. The normalized spacial score (nSPS) is 24.1. The average Bonchev–Trinajstić information content (AvgIpc) is 2.54. The van der Waals surface area contributed by atoms with Crippen LogP contribution in [0.3, 0.4) is 0 Å². The van der Waals surface area contributed by atoms with Gasteiger partial charge in [-0.3, -0.25) is 0 Å². The summed E-state index contributed by atoms with van der Waals surface area (Å²) in [5, 5.41) is 20.4. The first-order valence-electron chi connectivity index (χ1n) is 7.25. The fourth-order valence-electron chi connectivity index (χ4n) is 3.44. The van der Waals surface area contributed by atoms with Crippen LogP contribution in [0.4, 0.5) is 4.39 Å². The summed E-state index contributed by atoms with van der Waals surface area (Å²) in [7, 11) is 0. The topological polar surface area (TPSA) is 40.5 Å². The largest absolute Gasteiger partial charge is 0.396 e. The number of fused-ring (bicyclic) bond motifs is 2. The van der Waals surface area contributed by atoms with Gasteiger partial charge in [0.2, 0.25) is 0 Å². The Morgan fingerprint density at radius 2 is 1.95 bits per heavy atom. The summed E-state index contributed by atoms with van der Waals surface area (Å²) in [4.78, 5) is 0. The van der Waals surface area contributed by atoms with Crippen molar-refractivity contribution in [1.82, 2.24) is 0 Å². The van der Waals surface area contributed by atoms with Crippen LogP contribution >= 0.6 is 0 Å². The minimum Gasteiger partial charge on any atom is -0.396 e. The van der Waals surface area contributed by atoms with E-state index in [1.54, 1.807) is 13.0 Å². The van der Waals surface area contributed by atoms with Crippen LogP contribution in [0, 0.1) is 5.82 Å². The molecule has 2 nitrogen and oxygen atoms in total. The molecule has 0 aliphatic heterocycles. The van der Waals surface area contributed by atoms with Gasteiger partial charge in [0.25, 0.3) is 0 Å². The molecule has 1 aliphatic carbocycles. The van der Waals surface area contributed by atoms with E-state index in [9.17, 15) is 14.6 Å². The first-order valence-corrected chi connectivity index (χ1v) is 7.25. The molecule has 2 aromatic rings. The molecule has 0 unspecified atom stereocenters. The fourth-order valence-corrected chi connectivity index (χ4v) is 3.44. The molecule has 0 amide bonds. The molecule has 0 radical (unpaired) electrons. The highest BCUT2D eigenvalue weighted by molar-refractivity contribution is 5.48. The number of rotatable bonds is 2. The molecule has 3 heteroatoms. The van der Waals surface area contributed by atoms with Crippen molar-refractivity contribution in [3.8, 4) is 0 Å². The summed E-state index contributed by atoms with van der Waals surface area (Å²) >= 11 is 0. The Bertz CT molecular complexity index is 664. The van der Waals surface area contributed by atoms with Crippen LogP contribution in [-0.4, -0.2) is 16.8 Å². The predicted molar refractivity (Wildman–Crippen MR) is 79.7 cm³/mol. The molecule has 0 saturated carbocycles. The van der Waals surface area contributed by atoms with Gasteiger partial charge >= 0.3 is 0 Å². The summed E-state index contributed by atoms with van der Waals surface area (Å²) in [6.45, 7) is 1.83. The molecule has 0 aromatic heterocycles. The number of benzene rings is 2. The summed E-state index contributed by atoms with van der Waals surface area (Å²) in [5.41, 5.74) is 2.29. The number of aliphatic hydroxyl groups is 2. The highest BCUT2D eigenvalue weighted by Crippen LogP contribution is 2.42. The van der Waals surface area contributed by atoms with Crippen molar-refractivity contribution in [3.63, 3.8) is 0 Å². The molecule has 0 bridgehead atoms. The Labute approximate surface area is 123 Å². The maximum Gasteiger partial charge on any atom is 0.123 e. The Hall–Kier alpha value is -1.71. The van der Waals surface area contributed by atoms with Crippen molar-refractivity contribution < 1.29 is 14.6 Å². The molecule has 3 rings (SSSR count). The van der Waals surface area contributed by atoms with E-state index in [-0.39, 0.29) is 18.3 Å². The standard InChI is InChI=1S/C18H19FO2/c1-18(21)16-7-6-14(19)11-13(16)10-12(8-9-20)15-4-2-3-5-17(15)18/h2-7,11-12,20-21H,8-10H2,1H3/t12-,18+/m0/s1. The molecule has 0 spiro atoms. The smallest absolute Gasteiger partial charge is 0.123 e. The van der Waals surface area contributed by atoms with Crippen LogP contribution in [-0.2, 0) is 12.0 Å². The molecule has 2 N–H and O–H groups in total. The van der Waals surface area contributed by atoms with Crippen molar-refractivity contribution in [1.29, 1.82) is 0 Å². The second-order valence-electron chi connectivity index (χ2n) is 5.87. The minimum atomic E-state index is -1.15. The van der Waals surface area contributed by atoms with Crippen molar-refractivity contribution >= 4 is 0 Å². The van der Waals surface area contributed by atoms with E-state index in [1.165, 1.54) is 12.1 Å². The molecule has 0 heterocycles. The van der Waals surface area contributed by atoms with Gasteiger partial charge in [-0.05, 0) is 60.1 Å². The zero-order valence-electron chi connectivity index (χ0n) is 12.0. The molecule has 1 aliphatic rings. The second kappa shape index (κ2) is 5.24. The van der Waals surface area contributed by atoms with Crippen LogP contribution < -0.4 is 0 Å². The monoisotopic (exact) mass is 286 g/mol. The summed E-state index contributed by atoms with van der Waals surface area (Å²) < 4.78 is 13.6. The van der Waals surface area contributed by atoms with Gasteiger partial charge in [0.1, 0.15) is 11.4 Å². The van der Waals surface area contributed by atoms with Crippen molar-refractivity contribution in [2.45, 2.75) is 31.3 Å². The number of aliphatic hydroxyl groups excluding tert-OH is 1. The zero-order chi connectivity index (χ0) is 15.0. The fraction of sp³-hybridized carbons (Fsp3) is 0.333. The van der Waals surface area contributed by atoms with Gasteiger partial charge in [-0.1, -0.05) is 30.3 Å². The highest BCUT2D eigenvalue weighted by atomic mass is 19.1. The molecule has 0 fully saturated rings. The zero-order valence-corrected chi connectivity index (χ0v) is 12.0. The Kier molecular flexibility index (Phi) is 3.56. The maximum absolute atomic E-state index is 13.6. The van der Waals surface area contributed by atoms with E-state index in [0.29, 0.717) is 12.8 Å². The van der Waals surface area contributed by atoms with Gasteiger partial charge in [0.15, 0.2) is 0 Å². The lowest BCUT2D eigenvalue weighted by Crippen LogP contribution is -2.24. The van der Waals surface area contributed by atoms with Gasteiger partial charge in [0.05, 0.1) is 0 Å². The molecule has 2 atom stereocenters. The summed E-state index contributed by atoms with van der Waals surface area (Å²) in [5.74, 6) is -0.209. The second-order valence-corrected chi connectivity index (χ2v) is 5.87. The van der Waals surface area contributed by atoms with Gasteiger partial charge in [0, 0.05) is 6.61 Å². The third-order valence-electron chi connectivity index (χ3n) is 4.46. The quantitative estimate of drug-likeness (QED) is 0.890. The van der Waals surface area contributed by atoms with Crippen LogP contribution in [0.2, 0.25) is 0 Å². The first kappa shape index (κ1) is 14.2. The molecule has 110 valence electrons. The summed E-state index contributed by atoms with van der Waals surface area (Å²) in [6.07, 6.45) is 1.23. The average molecular weight is 286 g/mol. The number of halogens is 1. The lowest BCUT2D eigenvalue weighted by molar-refractivity contribution is 0.101. The third kappa shape index (κ3) is 2.37. The number of hydrogen-bond donors (Lipinski definition) is 2. The first-order chi connectivity index (χ1) is 10.0. The van der Waals surface area contributed by atoms with Crippen LogP contribution in [0.5, 0.6) is 0 Å². The maximum atomic E-state index is 13.6. The van der Waals surface area contributed by atoms with E-state index in [1.807, 2.05) is 24.3 Å². The van der Waals surface area contributed by atoms with Crippen molar-refractivity contribution in [2.75, 3.05) is 6.61 Å². The molecular weight excluding hydrogens is 267 g/mol. The Morgan fingerprint density at radius 1 is 1.19 bits per heavy atom. The van der Waals surface area contributed by atoms with Crippen LogP contribution in [0.1, 0.15) is 41.5 Å². The van der Waals surface area contributed by atoms with E-state index in [4.69, 9.17) is 0 Å². The van der Waals surface area contributed by atoms with Crippen molar-refractivity contribution in [3.05, 3.63) is 70.5 Å². The highest BCUT2D eigenvalue weighted by Gasteiger charge is 2.35. The van der Waals surface area contributed by atoms with Crippen LogP contribution in [0.25, 0.3) is 0 Å². The summed E-state index contributed by atoms with van der Waals surface area (Å²) in [6, 6.07) is 12.3. The Balaban J connectivity index is 2.24. The lowest BCUT2D eigenvalue weighted by atomic mass is 9.84. The third-order valence-corrected chi connectivity index (χ3v) is 4.46. The van der Waals surface area contributed by atoms with E-state index in [0.717, 1.165) is 22.3 Å². The lowest BCUT2D eigenvalue weighted by Gasteiger charge is -2.27. The molecule has 0 saturated heterocycles. The van der Waals surface area contributed by atoms with E-state index >= 15 is 0 Å². The van der Waals surface area contributed by atoms with Gasteiger partial charge in [-0.15, -0.1) is 0 Å². The van der Waals surface area contributed by atoms with Crippen LogP contribution in [0.15, 0.2) is 42.5 Å². The van der Waals surface area contributed by atoms with E-state index < -0.39 is 5.60 Å². The molecular formula is C18H19FO2. The van der Waals surface area contributed by atoms with Gasteiger partial charge in [-0.25, -0.2) is 4.39 Å². The van der Waals surface area contributed by atoms with Gasteiger partial charge in [-0.2, -0.15) is 0 Å². The number of hydrogen-bond acceptors (Lipinski definition) is 2. The van der Waals surface area contributed by atoms with Gasteiger partial charge < -0.3 is 10.2 Å². The Morgan fingerprint density at radius 3 is 2.71 bits per heavy atom. The SMILES string of the molecule is C[C@@]1(O)c2ccc(F)cc2C[C@H](CCO)c2ccccc21. The predicted octanol–water partition coefficient (Wildman–Crippen LogP) is 3.10. The minimum absolute atomic E-state index is 0.0752.